The lowest BCUT2D eigenvalue weighted by atomic mass is 10.1. The molecule has 0 unspecified atom stereocenters. The molecule has 88 valence electrons. The predicted octanol–water partition coefficient (Wildman–Crippen LogP) is 2.61. The van der Waals surface area contributed by atoms with E-state index in [9.17, 15) is 4.79 Å². The summed E-state index contributed by atoms with van der Waals surface area (Å²) in [5.74, 6) is 0.574. The third-order valence-electron chi connectivity index (χ3n) is 2.07. The van der Waals surface area contributed by atoms with Gasteiger partial charge in [-0.3, -0.25) is 4.79 Å². The Hall–Kier alpha value is -1.35. The van der Waals surface area contributed by atoms with E-state index >= 15 is 0 Å². The number of hydrogen-bond donors (Lipinski definition) is 0. The molecule has 0 amide bonds. The van der Waals surface area contributed by atoms with Gasteiger partial charge in [0.1, 0.15) is 12.4 Å². The molecule has 3 nitrogen and oxygen atoms in total. The maximum absolute atomic E-state index is 11.8. The van der Waals surface area contributed by atoms with E-state index in [1.807, 2.05) is 39.0 Å². The topological polar surface area (TPSA) is 35.5 Å². The molecule has 0 bridgehead atoms. The Balaban J connectivity index is 3.02. The zero-order chi connectivity index (χ0) is 12.1. The number of carbonyl (C=O) groups excluding carboxylic acids is 1. The first kappa shape index (κ1) is 12.7. The highest BCUT2D eigenvalue weighted by Crippen LogP contribution is 2.21. The van der Waals surface area contributed by atoms with Gasteiger partial charge in [0.25, 0.3) is 0 Å². The molecule has 0 radical (unpaired) electrons. The third-order valence-corrected chi connectivity index (χ3v) is 2.07. The van der Waals surface area contributed by atoms with Crippen molar-refractivity contribution in [2.45, 2.75) is 26.9 Å². The van der Waals surface area contributed by atoms with E-state index in [2.05, 4.69) is 0 Å². The Kier molecular flexibility index (Phi) is 4.50. The Morgan fingerprint density at radius 2 is 2.06 bits per heavy atom. The second kappa shape index (κ2) is 5.66. The molecule has 0 saturated carbocycles. The highest BCUT2D eigenvalue weighted by atomic mass is 16.5. The zero-order valence-corrected chi connectivity index (χ0v) is 10.2. The SMILES string of the molecule is COCC(=O)c1cc(C)ccc1OC(C)C. The summed E-state index contributed by atoms with van der Waals surface area (Å²) in [5.41, 5.74) is 1.63. The number of hydrogen-bond acceptors (Lipinski definition) is 3. The molecule has 0 aliphatic rings. The minimum Gasteiger partial charge on any atom is -0.490 e. The van der Waals surface area contributed by atoms with Crippen molar-refractivity contribution in [1.82, 2.24) is 0 Å². The second-order valence-electron chi connectivity index (χ2n) is 4.02. The molecule has 0 saturated heterocycles. The molecule has 16 heavy (non-hydrogen) atoms. The van der Waals surface area contributed by atoms with Crippen LogP contribution in [0.4, 0.5) is 0 Å². The van der Waals surface area contributed by atoms with Gasteiger partial charge in [0.2, 0.25) is 0 Å². The number of ketones is 1. The Labute approximate surface area is 96.4 Å². The molecule has 3 heteroatoms. The molecule has 0 fully saturated rings. The van der Waals surface area contributed by atoms with Crippen molar-refractivity contribution < 1.29 is 14.3 Å². The summed E-state index contributed by atoms with van der Waals surface area (Å²) in [4.78, 5) is 11.8. The number of carbonyl (C=O) groups is 1. The van der Waals surface area contributed by atoms with Gasteiger partial charge in [-0.15, -0.1) is 0 Å². The maximum atomic E-state index is 11.8. The molecule has 0 spiro atoms. The Morgan fingerprint density at radius 3 is 2.62 bits per heavy atom. The van der Waals surface area contributed by atoms with Gasteiger partial charge in [0.15, 0.2) is 5.78 Å². The number of Topliss-reactive ketones (excluding diaryl/α,β-unsaturated/α-hetero) is 1. The van der Waals surface area contributed by atoms with Gasteiger partial charge in [-0.1, -0.05) is 11.6 Å². The first-order valence-electron chi connectivity index (χ1n) is 5.34. The van der Waals surface area contributed by atoms with E-state index in [1.54, 1.807) is 0 Å². The molecule has 1 aromatic rings. The van der Waals surface area contributed by atoms with Gasteiger partial charge in [-0.05, 0) is 32.9 Å². The van der Waals surface area contributed by atoms with Crippen molar-refractivity contribution >= 4 is 5.78 Å². The smallest absolute Gasteiger partial charge is 0.192 e. The van der Waals surface area contributed by atoms with Crippen molar-refractivity contribution in [3.8, 4) is 5.75 Å². The van der Waals surface area contributed by atoms with Gasteiger partial charge < -0.3 is 9.47 Å². The van der Waals surface area contributed by atoms with Gasteiger partial charge in [0.05, 0.1) is 11.7 Å². The first-order chi connectivity index (χ1) is 7.54. The van der Waals surface area contributed by atoms with Crippen LogP contribution < -0.4 is 4.74 Å². The van der Waals surface area contributed by atoms with Gasteiger partial charge in [0, 0.05) is 7.11 Å². The lowest BCUT2D eigenvalue weighted by Crippen LogP contribution is -2.13. The number of benzene rings is 1. The van der Waals surface area contributed by atoms with E-state index in [0.29, 0.717) is 11.3 Å². The van der Waals surface area contributed by atoms with Crippen LogP contribution in [0.25, 0.3) is 0 Å². The summed E-state index contributed by atoms with van der Waals surface area (Å²) in [6.45, 7) is 5.90. The quantitative estimate of drug-likeness (QED) is 0.718. The fourth-order valence-corrected chi connectivity index (χ4v) is 1.43. The van der Waals surface area contributed by atoms with Crippen molar-refractivity contribution in [2.24, 2.45) is 0 Å². The molecular formula is C13H18O3. The summed E-state index contributed by atoms with van der Waals surface area (Å²) in [7, 11) is 1.51. The van der Waals surface area contributed by atoms with Crippen LogP contribution in [-0.2, 0) is 4.74 Å². The monoisotopic (exact) mass is 222 g/mol. The molecular weight excluding hydrogens is 204 g/mol. The molecule has 0 aliphatic heterocycles. The molecule has 0 atom stereocenters. The van der Waals surface area contributed by atoms with E-state index < -0.39 is 0 Å². The molecule has 1 rings (SSSR count). The third kappa shape index (κ3) is 3.35. The molecule has 0 aliphatic carbocycles. The summed E-state index contributed by atoms with van der Waals surface area (Å²) >= 11 is 0. The van der Waals surface area contributed by atoms with E-state index in [1.165, 1.54) is 7.11 Å². The van der Waals surface area contributed by atoms with Crippen molar-refractivity contribution in [2.75, 3.05) is 13.7 Å². The van der Waals surface area contributed by atoms with Crippen molar-refractivity contribution in [3.63, 3.8) is 0 Å². The number of ether oxygens (including phenoxy) is 2. The fraction of sp³-hybridized carbons (Fsp3) is 0.462. The zero-order valence-electron chi connectivity index (χ0n) is 10.2. The standard InChI is InChI=1S/C13H18O3/c1-9(2)16-13-6-5-10(3)7-11(13)12(14)8-15-4/h5-7,9H,8H2,1-4H3. The minimum atomic E-state index is -0.0538. The van der Waals surface area contributed by atoms with Crippen molar-refractivity contribution in [3.05, 3.63) is 29.3 Å². The lowest BCUT2D eigenvalue weighted by Gasteiger charge is -2.14. The largest absolute Gasteiger partial charge is 0.490 e. The molecule has 0 aromatic heterocycles. The summed E-state index contributed by atoms with van der Waals surface area (Å²) in [6, 6.07) is 5.60. The van der Waals surface area contributed by atoms with Crippen LogP contribution in [0.1, 0.15) is 29.8 Å². The first-order valence-corrected chi connectivity index (χ1v) is 5.34. The summed E-state index contributed by atoms with van der Waals surface area (Å²) < 4.78 is 10.4. The Morgan fingerprint density at radius 1 is 1.38 bits per heavy atom. The van der Waals surface area contributed by atoms with Crippen LogP contribution in [0.5, 0.6) is 5.75 Å². The maximum Gasteiger partial charge on any atom is 0.192 e. The number of rotatable bonds is 5. The molecule has 0 heterocycles. The number of methoxy groups -OCH3 is 1. The lowest BCUT2D eigenvalue weighted by molar-refractivity contribution is 0.0842. The fourth-order valence-electron chi connectivity index (χ4n) is 1.43. The summed E-state index contributed by atoms with van der Waals surface area (Å²) in [5, 5.41) is 0. The van der Waals surface area contributed by atoms with Crippen LogP contribution in [0.2, 0.25) is 0 Å². The Bertz CT molecular complexity index is 369. The van der Waals surface area contributed by atoms with Gasteiger partial charge in [-0.2, -0.15) is 0 Å². The average molecular weight is 222 g/mol. The minimum absolute atomic E-state index is 0.0526. The highest BCUT2D eigenvalue weighted by Gasteiger charge is 2.13. The molecule has 1 aromatic carbocycles. The van der Waals surface area contributed by atoms with Crippen LogP contribution in [0, 0.1) is 6.92 Å². The predicted molar refractivity (Wildman–Crippen MR) is 63.1 cm³/mol. The van der Waals surface area contributed by atoms with Crippen molar-refractivity contribution in [1.29, 1.82) is 0 Å². The average Bonchev–Trinajstić information content (AvgIpc) is 2.20. The van der Waals surface area contributed by atoms with E-state index in [-0.39, 0.29) is 18.5 Å². The van der Waals surface area contributed by atoms with E-state index in [4.69, 9.17) is 9.47 Å². The normalized spacial score (nSPS) is 10.6. The number of aryl methyl sites for hydroxylation is 1. The van der Waals surface area contributed by atoms with Crippen LogP contribution in [-0.4, -0.2) is 25.6 Å². The molecule has 0 N–H and O–H groups in total. The van der Waals surface area contributed by atoms with Gasteiger partial charge in [-0.25, -0.2) is 0 Å². The van der Waals surface area contributed by atoms with Gasteiger partial charge >= 0.3 is 0 Å². The van der Waals surface area contributed by atoms with E-state index in [0.717, 1.165) is 5.56 Å². The van der Waals surface area contributed by atoms with Crippen LogP contribution in [0.15, 0.2) is 18.2 Å². The van der Waals surface area contributed by atoms with Crippen LogP contribution in [0.3, 0.4) is 0 Å². The summed E-state index contributed by atoms with van der Waals surface area (Å²) in [6.07, 6.45) is 0.0526. The highest BCUT2D eigenvalue weighted by molar-refractivity contribution is 5.99. The van der Waals surface area contributed by atoms with Crippen LogP contribution >= 0.6 is 0 Å². The second-order valence-corrected chi connectivity index (χ2v) is 4.02.